The van der Waals surface area contributed by atoms with E-state index < -0.39 is 0 Å². The number of hydrogen-bond donors (Lipinski definition) is 1. The van der Waals surface area contributed by atoms with Gasteiger partial charge < -0.3 is 5.32 Å². The molecule has 1 N–H and O–H groups in total. The smallest absolute Gasteiger partial charge is 0.223 e. The van der Waals surface area contributed by atoms with Gasteiger partial charge in [-0.3, -0.25) is 4.79 Å². The second kappa shape index (κ2) is 4.52. The third-order valence-electron chi connectivity index (χ3n) is 3.84. The summed E-state index contributed by atoms with van der Waals surface area (Å²) < 4.78 is 0. The van der Waals surface area contributed by atoms with E-state index in [2.05, 4.69) is 51.2 Å². The summed E-state index contributed by atoms with van der Waals surface area (Å²) in [6.45, 7) is 8.39. The summed E-state index contributed by atoms with van der Waals surface area (Å²) in [5, 5.41) is 3.10. The Morgan fingerprint density at radius 1 is 1.35 bits per heavy atom. The molecule has 0 radical (unpaired) electrons. The highest BCUT2D eigenvalue weighted by molar-refractivity contribution is 5.81. The Kier molecular flexibility index (Phi) is 3.23. The average Bonchev–Trinajstić information content (AvgIpc) is 2.99. The zero-order chi connectivity index (χ0) is 12.6. The molecule has 0 bridgehead atoms. The van der Waals surface area contributed by atoms with Crippen molar-refractivity contribution >= 4 is 5.91 Å². The van der Waals surface area contributed by atoms with Gasteiger partial charge in [-0.05, 0) is 49.8 Å². The van der Waals surface area contributed by atoms with Crippen molar-refractivity contribution in [2.24, 2.45) is 11.8 Å². The first-order valence-corrected chi connectivity index (χ1v) is 6.36. The molecule has 1 aromatic rings. The molecule has 2 nitrogen and oxygen atoms in total. The molecule has 92 valence electrons. The van der Waals surface area contributed by atoms with Crippen molar-refractivity contribution in [2.75, 3.05) is 0 Å². The van der Waals surface area contributed by atoms with E-state index in [0.29, 0.717) is 5.92 Å². The summed E-state index contributed by atoms with van der Waals surface area (Å²) in [7, 11) is 0. The minimum atomic E-state index is 0.106. The molecule has 0 unspecified atom stereocenters. The lowest BCUT2D eigenvalue weighted by Gasteiger charge is -2.15. The largest absolute Gasteiger partial charge is 0.349 e. The first kappa shape index (κ1) is 12.2. The van der Waals surface area contributed by atoms with Gasteiger partial charge in [0.1, 0.15) is 0 Å². The van der Waals surface area contributed by atoms with Crippen LogP contribution in [-0.4, -0.2) is 5.91 Å². The van der Waals surface area contributed by atoms with Gasteiger partial charge in [-0.1, -0.05) is 25.1 Å². The molecule has 2 rings (SSSR count). The van der Waals surface area contributed by atoms with Gasteiger partial charge in [-0.2, -0.15) is 0 Å². The zero-order valence-corrected chi connectivity index (χ0v) is 11.1. The van der Waals surface area contributed by atoms with Crippen LogP contribution in [0.1, 0.15) is 43.0 Å². The average molecular weight is 231 g/mol. The minimum Gasteiger partial charge on any atom is -0.349 e. The molecular weight excluding hydrogens is 210 g/mol. The molecular formula is C15H21NO. The van der Waals surface area contributed by atoms with Gasteiger partial charge in [0, 0.05) is 5.92 Å². The van der Waals surface area contributed by atoms with E-state index in [1.54, 1.807) is 0 Å². The quantitative estimate of drug-likeness (QED) is 0.850. The summed E-state index contributed by atoms with van der Waals surface area (Å²) in [6.07, 6.45) is 1.05. The van der Waals surface area contributed by atoms with Gasteiger partial charge in [0.05, 0.1) is 6.04 Å². The van der Waals surface area contributed by atoms with Crippen LogP contribution in [0.15, 0.2) is 18.2 Å². The van der Waals surface area contributed by atoms with Crippen molar-refractivity contribution in [3.63, 3.8) is 0 Å². The highest BCUT2D eigenvalue weighted by Crippen LogP contribution is 2.38. The summed E-state index contributed by atoms with van der Waals surface area (Å²) >= 11 is 0. The monoisotopic (exact) mass is 231 g/mol. The Morgan fingerprint density at radius 2 is 2.00 bits per heavy atom. The third kappa shape index (κ3) is 2.68. The molecule has 1 fully saturated rings. The Balaban J connectivity index is 2.01. The molecule has 1 amide bonds. The number of nitrogens with one attached hydrogen (secondary N) is 1. The fourth-order valence-electron chi connectivity index (χ4n) is 2.13. The van der Waals surface area contributed by atoms with Crippen LogP contribution in [-0.2, 0) is 4.79 Å². The SMILES string of the molecule is Cc1ccc([C@@H](C)NC(=O)[C@H]2C[C@@H]2C)cc1C. The van der Waals surface area contributed by atoms with Crippen molar-refractivity contribution in [1.29, 1.82) is 0 Å². The molecule has 17 heavy (non-hydrogen) atoms. The summed E-state index contributed by atoms with van der Waals surface area (Å²) in [5.74, 6) is 1.04. The van der Waals surface area contributed by atoms with Crippen molar-refractivity contribution in [3.8, 4) is 0 Å². The summed E-state index contributed by atoms with van der Waals surface area (Å²) in [4.78, 5) is 11.8. The van der Waals surface area contributed by atoms with Gasteiger partial charge in [0.15, 0.2) is 0 Å². The number of amides is 1. The van der Waals surface area contributed by atoms with E-state index >= 15 is 0 Å². The molecule has 1 aliphatic carbocycles. The van der Waals surface area contributed by atoms with Crippen LogP contribution < -0.4 is 5.32 Å². The van der Waals surface area contributed by atoms with Crippen LogP contribution in [0, 0.1) is 25.7 Å². The van der Waals surface area contributed by atoms with E-state index in [1.165, 1.54) is 16.7 Å². The topological polar surface area (TPSA) is 29.1 Å². The standard InChI is InChI=1S/C15H21NO/c1-9-5-6-13(7-10(9)2)12(4)16-15(17)14-8-11(14)3/h5-7,11-12,14H,8H2,1-4H3,(H,16,17)/t11-,12+,14-/m0/s1. The third-order valence-corrected chi connectivity index (χ3v) is 3.84. The van der Waals surface area contributed by atoms with E-state index in [-0.39, 0.29) is 17.9 Å². The highest BCUT2D eigenvalue weighted by atomic mass is 16.2. The van der Waals surface area contributed by atoms with Crippen molar-refractivity contribution < 1.29 is 4.79 Å². The van der Waals surface area contributed by atoms with Crippen LogP contribution in [0.2, 0.25) is 0 Å². The summed E-state index contributed by atoms with van der Waals surface area (Å²) in [6, 6.07) is 6.49. The lowest BCUT2D eigenvalue weighted by molar-refractivity contribution is -0.123. The van der Waals surface area contributed by atoms with Crippen LogP contribution in [0.25, 0.3) is 0 Å². The number of aryl methyl sites for hydroxylation is 2. The van der Waals surface area contributed by atoms with Crippen LogP contribution in [0.3, 0.4) is 0 Å². The molecule has 0 aliphatic heterocycles. The lowest BCUT2D eigenvalue weighted by Crippen LogP contribution is -2.28. The number of carbonyl (C=O) groups excluding carboxylic acids is 1. The predicted octanol–water partition coefficient (Wildman–Crippen LogP) is 3.14. The molecule has 3 atom stereocenters. The molecule has 1 aromatic carbocycles. The number of carbonyl (C=O) groups is 1. The fourth-order valence-corrected chi connectivity index (χ4v) is 2.13. The first-order chi connectivity index (χ1) is 7.99. The number of benzene rings is 1. The van der Waals surface area contributed by atoms with Crippen LogP contribution in [0.5, 0.6) is 0 Å². The Hall–Kier alpha value is -1.31. The normalized spacial score (nSPS) is 24.2. The van der Waals surface area contributed by atoms with Crippen LogP contribution in [0.4, 0.5) is 0 Å². The van der Waals surface area contributed by atoms with E-state index in [9.17, 15) is 4.79 Å². The van der Waals surface area contributed by atoms with Gasteiger partial charge in [-0.25, -0.2) is 0 Å². The van der Waals surface area contributed by atoms with E-state index in [0.717, 1.165) is 6.42 Å². The molecule has 1 aliphatic rings. The van der Waals surface area contributed by atoms with Gasteiger partial charge in [0.2, 0.25) is 5.91 Å². The zero-order valence-electron chi connectivity index (χ0n) is 11.1. The van der Waals surface area contributed by atoms with Crippen LogP contribution >= 0.6 is 0 Å². The van der Waals surface area contributed by atoms with Gasteiger partial charge in [0.25, 0.3) is 0 Å². The molecule has 0 spiro atoms. The molecule has 0 heterocycles. The Labute approximate surface area is 103 Å². The first-order valence-electron chi connectivity index (χ1n) is 6.36. The molecule has 0 saturated heterocycles. The van der Waals surface area contributed by atoms with Gasteiger partial charge in [-0.15, -0.1) is 0 Å². The Morgan fingerprint density at radius 3 is 2.53 bits per heavy atom. The second-order valence-corrected chi connectivity index (χ2v) is 5.39. The van der Waals surface area contributed by atoms with E-state index in [4.69, 9.17) is 0 Å². The minimum absolute atomic E-state index is 0.106. The lowest BCUT2D eigenvalue weighted by atomic mass is 10.0. The van der Waals surface area contributed by atoms with E-state index in [1.807, 2.05) is 0 Å². The maximum Gasteiger partial charge on any atom is 0.223 e. The van der Waals surface area contributed by atoms with Crippen molar-refractivity contribution in [2.45, 2.75) is 40.2 Å². The maximum atomic E-state index is 11.8. The van der Waals surface area contributed by atoms with Crippen molar-refractivity contribution in [1.82, 2.24) is 5.32 Å². The number of hydrogen-bond acceptors (Lipinski definition) is 1. The fraction of sp³-hybridized carbons (Fsp3) is 0.533. The summed E-state index contributed by atoms with van der Waals surface area (Å²) in [5.41, 5.74) is 3.77. The number of rotatable bonds is 3. The molecule has 0 aromatic heterocycles. The Bertz CT molecular complexity index is 439. The molecule has 1 saturated carbocycles. The second-order valence-electron chi connectivity index (χ2n) is 5.39. The van der Waals surface area contributed by atoms with Crippen molar-refractivity contribution in [3.05, 3.63) is 34.9 Å². The highest BCUT2D eigenvalue weighted by Gasteiger charge is 2.39. The predicted molar refractivity (Wildman–Crippen MR) is 69.7 cm³/mol. The maximum absolute atomic E-state index is 11.8. The van der Waals surface area contributed by atoms with Gasteiger partial charge >= 0.3 is 0 Å². The molecule has 2 heteroatoms.